The van der Waals surface area contributed by atoms with Crippen molar-refractivity contribution in [3.8, 4) is 0 Å². The average Bonchev–Trinajstić information content (AvgIpc) is 2.86. The van der Waals surface area contributed by atoms with Gasteiger partial charge in [0.1, 0.15) is 6.17 Å². The number of amides is 1. The minimum absolute atomic E-state index is 0.0806. The van der Waals surface area contributed by atoms with Gasteiger partial charge in [-0.05, 0) is 24.0 Å². The number of carbonyl (C=O) groups is 1. The highest BCUT2D eigenvalue weighted by atomic mass is 32.2. The van der Waals surface area contributed by atoms with Crippen molar-refractivity contribution in [1.29, 1.82) is 0 Å². The fourth-order valence-electron chi connectivity index (χ4n) is 2.22. The smallest absolute Gasteiger partial charge is 0.238 e. The second kappa shape index (κ2) is 7.24. The molecule has 2 atom stereocenters. The van der Waals surface area contributed by atoms with Crippen molar-refractivity contribution in [2.24, 2.45) is 0 Å². The molecule has 0 aliphatic carbocycles. The van der Waals surface area contributed by atoms with Gasteiger partial charge in [0.15, 0.2) is 0 Å². The molecule has 4 nitrogen and oxygen atoms in total. The molecule has 6 heteroatoms. The minimum atomic E-state index is -0.839. The Morgan fingerprint density at radius 1 is 1.40 bits per heavy atom. The summed E-state index contributed by atoms with van der Waals surface area (Å²) in [7, 11) is -0.839. The Balaban J connectivity index is 2.08. The average molecular weight is 312 g/mol. The van der Waals surface area contributed by atoms with Crippen LogP contribution in [0.25, 0.3) is 0 Å². The van der Waals surface area contributed by atoms with E-state index >= 15 is 0 Å². The Morgan fingerprint density at radius 2 is 2.10 bits per heavy atom. The second-order valence-corrected chi connectivity index (χ2v) is 7.32. The molecular weight excluding hydrogens is 292 g/mol. The highest BCUT2D eigenvalue weighted by molar-refractivity contribution is 7.98. The van der Waals surface area contributed by atoms with Crippen molar-refractivity contribution < 1.29 is 9.00 Å². The van der Waals surface area contributed by atoms with Crippen LogP contribution in [0.2, 0.25) is 0 Å². The van der Waals surface area contributed by atoms with Crippen molar-refractivity contribution in [3.63, 3.8) is 0 Å². The lowest BCUT2D eigenvalue weighted by Gasteiger charge is -2.24. The van der Waals surface area contributed by atoms with Crippen molar-refractivity contribution in [3.05, 3.63) is 29.8 Å². The zero-order valence-corrected chi connectivity index (χ0v) is 13.4. The first kappa shape index (κ1) is 15.5. The fraction of sp³-hybridized carbons (Fsp3) is 0.500. The molecule has 1 N–H and O–H groups in total. The van der Waals surface area contributed by atoms with Gasteiger partial charge < -0.3 is 4.90 Å². The van der Waals surface area contributed by atoms with E-state index in [0.717, 1.165) is 5.56 Å². The maximum absolute atomic E-state index is 11.9. The summed E-state index contributed by atoms with van der Waals surface area (Å²) in [6.07, 6.45) is 1.95. The van der Waals surface area contributed by atoms with E-state index in [0.29, 0.717) is 24.6 Å². The molecule has 2 rings (SSSR count). The van der Waals surface area contributed by atoms with E-state index in [4.69, 9.17) is 0 Å². The molecule has 0 bridgehead atoms. The van der Waals surface area contributed by atoms with Crippen molar-refractivity contribution in [1.82, 2.24) is 10.2 Å². The summed E-state index contributed by atoms with van der Waals surface area (Å²) in [4.78, 5) is 14.9. The third-order valence-corrected chi connectivity index (χ3v) is 5.42. The van der Waals surface area contributed by atoms with E-state index in [1.165, 1.54) is 4.90 Å². The molecule has 1 aliphatic heterocycles. The molecule has 0 spiro atoms. The van der Waals surface area contributed by atoms with E-state index < -0.39 is 10.8 Å². The van der Waals surface area contributed by atoms with Gasteiger partial charge in [0.2, 0.25) is 5.91 Å². The van der Waals surface area contributed by atoms with Gasteiger partial charge in [-0.2, -0.15) is 0 Å². The summed E-state index contributed by atoms with van der Waals surface area (Å²) in [5.41, 5.74) is 1.08. The van der Waals surface area contributed by atoms with Crippen LogP contribution < -0.4 is 5.32 Å². The highest BCUT2D eigenvalue weighted by Crippen LogP contribution is 2.24. The summed E-state index contributed by atoms with van der Waals surface area (Å²) in [5, 5.41) is 3.22. The Bertz CT molecular complexity index is 490. The van der Waals surface area contributed by atoms with Crippen LogP contribution in [0.3, 0.4) is 0 Å². The van der Waals surface area contributed by atoms with Crippen LogP contribution in [0.15, 0.2) is 29.2 Å². The number of hydrogen-bond donors (Lipinski definition) is 1. The molecular formula is C14H20N2O2S2. The molecule has 1 heterocycles. The van der Waals surface area contributed by atoms with Gasteiger partial charge in [0, 0.05) is 33.7 Å². The molecule has 1 saturated heterocycles. The van der Waals surface area contributed by atoms with Crippen LogP contribution in [0, 0.1) is 0 Å². The molecule has 0 radical (unpaired) electrons. The van der Waals surface area contributed by atoms with Gasteiger partial charge in [-0.1, -0.05) is 19.1 Å². The zero-order valence-electron chi connectivity index (χ0n) is 11.8. The van der Waals surface area contributed by atoms with E-state index in [9.17, 15) is 9.00 Å². The third kappa shape index (κ3) is 3.62. The summed E-state index contributed by atoms with van der Waals surface area (Å²) < 4.78 is 11.6. The number of nitrogens with zero attached hydrogens (tertiary/aromatic N) is 1. The predicted octanol–water partition coefficient (Wildman–Crippen LogP) is 1.61. The first-order valence-electron chi connectivity index (χ1n) is 6.67. The van der Waals surface area contributed by atoms with Crippen LogP contribution in [0.4, 0.5) is 0 Å². The topological polar surface area (TPSA) is 49.4 Å². The fourth-order valence-corrected chi connectivity index (χ4v) is 3.32. The lowest BCUT2D eigenvalue weighted by Crippen LogP contribution is -2.33. The molecule has 110 valence electrons. The highest BCUT2D eigenvalue weighted by Gasteiger charge is 2.31. The van der Waals surface area contributed by atoms with Crippen LogP contribution >= 0.6 is 11.8 Å². The quantitative estimate of drug-likeness (QED) is 0.811. The van der Waals surface area contributed by atoms with E-state index in [1.54, 1.807) is 16.7 Å². The monoisotopic (exact) mass is 312 g/mol. The number of benzene rings is 1. The largest absolute Gasteiger partial charge is 0.321 e. The minimum Gasteiger partial charge on any atom is -0.321 e. The number of hydrogen-bond acceptors (Lipinski definition) is 4. The van der Waals surface area contributed by atoms with Gasteiger partial charge in [0.25, 0.3) is 0 Å². The number of nitrogens with one attached hydrogen (secondary N) is 1. The lowest BCUT2D eigenvalue weighted by molar-refractivity contribution is -0.127. The van der Waals surface area contributed by atoms with E-state index in [-0.39, 0.29) is 12.1 Å². The molecule has 1 fully saturated rings. The lowest BCUT2D eigenvalue weighted by atomic mass is 10.1. The molecule has 2 unspecified atom stereocenters. The van der Waals surface area contributed by atoms with Gasteiger partial charge in [-0.15, -0.1) is 11.8 Å². The van der Waals surface area contributed by atoms with Crippen LogP contribution in [-0.4, -0.2) is 45.9 Å². The standard InChI is InChI=1S/C14H20N2O2S2/c1-3-20(18)9-8-16-13(17)10-15-14(16)11-4-6-12(19-2)7-5-11/h4-7,14-15H,3,8-10H2,1-2H3. The van der Waals surface area contributed by atoms with Crippen LogP contribution in [-0.2, 0) is 15.6 Å². The number of carbonyl (C=O) groups excluding carboxylic acids is 1. The molecule has 20 heavy (non-hydrogen) atoms. The van der Waals surface area contributed by atoms with E-state index in [2.05, 4.69) is 17.4 Å². The SMILES string of the molecule is CCS(=O)CCN1C(=O)CNC1c1ccc(SC)cc1. The Labute approximate surface area is 126 Å². The van der Waals surface area contributed by atoms with Crippen molar-refractivity contribution in [2.75, 3.05) is 30.9 Å². The van der Waals surface area contributed by atoms with Crippen molar-refractivity contribution in [2.45, 2.75) is 18.0 Å². The first-order valence-corrected chi connectivity index (χ1v) is 9.38. The maximum Gasteiger partial charge on any atom is 0.238 e. The van der Waals surface area contributed by atoms with Gasteiger partial charge in [-0.25, -0.2) is 0 Å². The molecule has 1 aliphatic rings. The summed E-state index contributed by atoms with van der Waals surface area (Å²) in [5.74, 6) is 1.27. The number of thioether (sulfide) groups is 1. The Morgan fingerprint density at radius 3 is 2.70 bits per heavy atom. The Hall–Kier alpha value is -0.850. The Kier molecular flexibility index (Phi) is 5.63. The molecule has 1 aromatic rings. The van der Waals surface area contributed by atoms with Gasteiger partial charge in [-0.3, -0.25) is 14.3 Å². The maximum atomic E-state index is 11.9. The summed E-state index contributed by atoms with van der Waals surface area (Å²) >= 11 is 1.70. The van der Waals surface area contributed by atoms with Crippen molar-refractivity contribution >= 4 is 28.5 Å². The zero-order chi connectivity index (χ0) is 14.5. The van der Waals surface area contributed by atoms with E-state index in [1.807, 2.05) is 25.3 Å². The number of rotatable bonds is 6. The summed E-state index contributed by atoms with van der Waals surface area (Å²) in [6, 6.07) is 8.22. The van der Waals surface area contributed by atoms with Crippen LogP contribution in [0.1, 0.15) is 18.7 Å². The van der Waals surface area contributed by atoms with Crippen LogP contribution in [0.5, 0.6) is 0 Å². The third-order valence-electron chi connectivity index (χ3n) is 3.39. The second-order valence-electron chi connectivity index (χ2n) is 4.58. The molecule has 0 aromatic heterocycles. The molecule has 0 saturated carbocycles. The summed E-state index contributed by atoms with van der Waals surface area (Å²) in [6.45, 7) is 2.80. The normalized spacial score (nSPS) is 20.4. The predicted molar refractivity (Wildman–Crippen MR) is 84.2 cm³/mol. The first-order chi connectivity index (χ1) is 9.65. The molecule has 1 amide bonds. The van der Waals surface area contributed by atoms with Gasteiger partial charge >= 0.3 is 0 Å². The molecule has 1 aromatic carbocycles. The van der Waals surface area contributed by atoms with Gasteiger partial charge in [0.05, 0.1) is 6.54 Å².